The van der Waals surface area contributed by atoms with Gasteiger partial charge in [-0.2, -0.15) is 0 Å². The van der Waals surface area contributed by atoms with E-state index in [2.05, 4.69) is 34.4 Å². The zero-order chi connectivity index (χ0) is 17.7. The summed E-state index contributed by atoms with van der Waals surface area (Å²) >= 11 is 0. The Morgan fingerprint density at radius 1 is 1.33 bits per heavy atom. The van der Waals surface area contributed by atoms with Crippen molar-refractivity contribution < 1.29 is 9.53 Å². The Hall–Kier alpha value is -1.47. The quantitative estimate of drug-likeness (QED) is 0.852. The number of aromatic nitrogens is 3. The molecule has 7 nitrogen and oxygen atoms in total. The van der Waals surface area contributed by atoms with Crippen molar-refractivity contribution in [2.45, 2.75) is 52.6 Å². The second kappa shape index (κ2) is 8.07. The van der Waals surface area contributed by atoms with E-state index in [9.17, 15) is 4.79 Å². The summed E-state index contributed by atoms with van der Waals surface area (Å²) in [6, 6.07) is 0.329. The lowest BCUT2D eigenvalue weighted by atomic mass is 10.0. The number of nitrogens with one attached hydrogen (secondary N) is 1. The number of hydrogen-bond acceptors (Lipinski definition) is 5. The molecule has 1 fully saturated rings. The van der Waals surface area contributed by atoms with E-state index < -0.39 is 0 Å². The molecular weight excluding hydrogens is 306 g/mol. The summed E-state index contributed by atoms with van der Waals surface area (Å²) in [6.45, 7) is 14.5. The van der Waals surface area contributed by atoms with E-state index in [1.54, 1.807) is 10.9 Å². The van der Waals surface area contributed by atoms with Gasteiger partial charge in [0, 0.05) is 25.7 Å². The Labute approximate surface area is 144 Å². The van der Waals surface area contributed by atoms with Gasteiger partial charge in [-0.1, -0.05) is 19.1 Å². The van der Waals surface area contributed by atoms with Crippen LogP contribution in [0.5, 0.6) is 0 Å². The predicted molar refractivity (Wildman–Crippen MR) is 93.0 cm³/mol. The Bertz CT molecular complexity index is 529. The van der Waals surface area contributed by atoms with Gasteiger partial charge in [-0.3, -0.25) is 9.69 Å². The summed E-state index contributed by atoms with van der Waals surface area (Å²) in [5, 5.41) is 11.1. The van der Waals surface area contributed by atoms with Gasteiger partial charge in [0.25, 0.3) is 5.91 Å². The molecule has 0 bridgehead atoms. The van der Waals surface area contributed by atoms with Gasteiger partial charge in [0.1, 0.15) is 0 Å². The summed E-state index contributed by atoms with van der Waals surface area (Å²) in [5.41, 5.74) is 0.190. The summed E-state index contributed by atoms with van der Waals surface area (Å²) < 4.78 is 7.15. The van der Waals surface area contributed by atoms with Crippen LogP contribution in [0, 0.1) is 5.92 Å². The molecule has 7 heteroatoms. The zero-order valence-electron chi connectivity index (χ0n) is 15.6. The number of carbonyl (C=O) groups excluding carboxylic acids is 1. The maximum Gasteiger partial charge on any atom is 0.273 e. The van der Waals surface area contributed by atoms with Gasteiger partial charge >= 0.3 is 0 Å². The molecule has 0 aliphatic carbocycles. The molecule has 2 heterocycles. The third-order valence-corrected chi connectivity index (χ3v) is 4.22. The van der Waals surface area contributed by atoms with E-state index in [-0.39, 0.29) is 11.4 Å². The molecule has 1 aliphatic rings. The van der Waals surface area contributed by atoms with Gasteiger partial charge in [-0.25, -0.2) is 4.68 Å². The standard InChI is InChI=1S/C17H31N5O2/c1-13(2)10-14(21-6-8-24-9-7-21)11-18-16(23)15-12-22(20-19-15)17(3,4)5/h12-14H,6-11H2,1-5H3,(H,18,23). The van der Waals surface area contributed by atoms with Crippen LogP contribution >= 0.6 is 0 Å². The average Bonchev–Trinajstić information content (AvgIpc) is 3.02. The van der Waals surface area contributed by atoms with Crippen LogP contribution < -0.4 is 5.32 Å². The molecule has 0 radical (unpaired) electrons. The molecule has 1 aromatic heterocycles. The first-order valence-corrected chi connectivity index (χ1v) is 8.80. The molecule has 1 N–H and O–H groups in total. The normalized spacial score (nSPS) is 17.9. The molecule has 1 amide bonds. The summed E-state index contributed by atoms with van der Waals surface area (Å²) in [4.78, 5) is 14.8. The molecule has 1 aliphatic heterocycles. The minimum absolute atomic E-state index is 0.160. The third-order valence-electron chi connectivity index (χ3n) is 4.22. The molecule has 1 saturated heterocycles. The van der Waals surface area contributed by atoms with Crippen molar-refractivity contribution in [1.82, 2.24) is 25.2 Å². The van der Waals surface area contributed by atoms with Crippen molar-refractivity contribution in [1.29, 1.82) is 0 Å². The number of morpholine rings is 1. The van der Waals surface area contributed by atoms with Crippen LogP contribution in [-0.4, -0.2) is 64.7 Å². The number of amides is 1. The van der Waals surface area contributed by atoms with Crippen LogP contribution in [0.1, 0.15) is 51.5 Å². The van der Waals surface area contributed by atoms with E-state index in [4.69, 9.17) is 4.74 Å². The zero-order valence-corrected chi connectivity index (χ0v) is 15.6. The number of carbonyl (C=O) groups is 1. The van der Waals surface area contributed by atoms with Crippen LogP contribution in [0.4, 0.5) is 0 Å². The SMILES string of the molecule is CC(C)CC(CNC(=O)c1cn(C(C)(C)C)nn1)N1CCOCC1. The fourth-order valence-corrected chi connectivity index (χ4v) is 2.85. The second-order valence-corrected chi connectivity index (χ2v) is 7.86. The van der Waals surface area contributed by atoms with Gasteiger partial charge in [0.15, 0.2) is 5.69 Å². The maximum atomic E-state index is 12.4. The summed E-state index contributed by atoms with van der Waals surface area (Å²) in [7, 11) is 0. The molecule has 0 spiro atoms. The van der Waals surface area contributed by atoms with Crippen LogP contribution in [0.3, 0.4) is 0 Å². The lowest BCUT2D eigenvalue weighted by molar-refractivity contribution is 0.0124. The molecular formula is C17H31N5O2. The number of rotatable bonds is 6. The molecule has 1 unspecified atom stereocenters. The highest BCUT2D eigenvalue weighted by molar-refractivity contribution is 5.91. The topological polar surface area (TPSA) is 72.3 Å². The van der Waals surface area contributed by atoms with E-state index in [0.717, 1.165) is 32.7 Å². The Morgan fingerprint density at radius 3 is 2.54 bits per heavy atom. The molecule has 24 heavy (non-hydrogen) atoms. The number of ether oxygens (including phenoxy) is 1. The summed E-state index contributed by atoms with van der Waals surface area (Å²) in [5.74, 6) is 0.420. The largest absolute Gasteiger partial charge is 0.379 e. The predicted octanol–water partition coefficient (Wildman–Crippen LogP) is 1.51. The van der Waals surface area contributed by atoms with Crippen LogP contribution in [-0.2, 0) is 10.3 Å². The smallest absolute Gasteiger partial charge is 0.273 e. The van der Waals surface area contributed by atoms with Crippen LogP contribution in [0.15, 0.2) is 6.20 Å². The fraction of sp³-hybridized carbons (Fsp3) is 0.824. The first-order chi connectivity index (χ1) is 11.3. The van der Waals surface area contributed by atoms with Gasteiger partial charge < -0.3 is 10.1 Å². The third kappa shape index (κ3) is 5.27. The van der Waals surface area contributed by atoms with Gasteiger partial charge in [0.05, 0.1) is 24.9 Å². The first-order valence-electron chi connectivity index (χ1n) is 8.80. The van der Waals surface area contributed by atoms with E-state index in [1.165, 1.54) is 0 Å². The fourth-order valence-electron chi connectivity index (χ4n) is 2.85. The van der Waals surface area contributed by atoms with Gasteiger partial charge in [0.2, 0.25) is 0 Å². The van der Waals surface area contributed by atoms with Crippen molar-refractivity contribution in [2.24, 2.45) is 5.92 Å². The lowest BCUT2D eigenvalue weighted by Gasteiger charge is -2.35. The van der Waals surface area contributed by atoms with Gasteiger partial charge in [-0.05, 0) is 33.1 Å². The molecule has 1 atom stereocenters. The van der Waals surface area contributed by atoms with Crippen molar-refractivity contribution >= 4 is 5.91 Å². The summed E-state index contributed by atoms with van der Waals surface area (Å²) in [6.07, 6.45) is 2.76. The van der Waals surface area contributed by atoms with Crippen molar-refractivity contribution in [2.75, 3.05) is 32.8 Å². The second-order valence-electron chi connectivity index (χ2n) is 7.86. The highest BCUT2D eigenvalue weighted by Gasteiger charge is 2.24. The van der Waals surface area contributed by atoms with Crippen LogP contribution in [0.2, 0.25) is 0 Å². The van der Waals surface area contributed by atoms with E-state index >= 15 is 0 Å². The first kappa shape index (κ1) is 18.9. The van der Waals surface area contributed by atoms with Gasteiger partial charge in [-0.15, -0.1) is 5.10 Å². The molecule has 136 valence electrons. The Morgan fingerprint density at radius 2 is 2.00 bits per heavy atom. The van der Waals surface area contributed by atoms with Crippen molar-refractivity contribution in [3.05, 3.63) is 11.9 Å². The molecule has 1 aromatic rings. The number of hydrogen-bond donors (Lipinski definition) is 1. The molecule has 0 saturated carbocycles. The number of nitrogens with zero attached hydrogens (tertiary/aromatic N) is 4. The van der Waals surface area contributed by atoms with E-state index in [1.807, 2.05) is 20.8 Å². The van der Waals surface area contributed by atoms with Crippen LogP contribution in [0.25, 0.3) is 0 Å². The highest BCUT2D eigenvalue weighted by Crippen LogP contribution is 2.14. The Balaban J connectivity index is 1.94. The minimum atomic E-state index is -0.181. The minimum Gasteiger partial charge on any atom is -0.379 e. The average molecular weight is 337 g/mol. The molecule has 2 rings (SSSR count). The van der Waals surface area contributed by atoms with Crippen molar-refractivity contribution in [3.63, 3.8) is 0 Å². The lowest BCUT2D eigenvalue weighted by Crippen LogP contribution is -2.49. The molecule has 0 aromatic carbocycles. The monoisotopic (exact) mass is 337 g/mol. The Kier molecular flexibility index (Phi) is 6.34. The van der Waals surface area contributed by atoms with Crippen molar-refractivity contribution in [3.8, 4) is 0 Å². The highest BCUT2D eigenvalue weighted by atomic mass is 16.5. The maximum absolute atomic E-state index is 12.4. The van der Waals surface area contributed by atoms with E-state index in [0.29, 0.717) is 24.2 Å².